The van der Waals surface area contributed by atoms with Crippen LogP contribution in [0.1, 0.15) is 6.42 Å². The minimum absolute atomic E-state index is 0.0411. The highest BCUT2D eigenvalue weighted by Crippen LogP contribution is 2.35. The quantitative estimate of drug-likeness (QED) is 0.781. The number of benzene rings is 2. The summed E-state index contributed by atoms with van der Waals surface area (Å²) in [5, 5.41) is 5.62. The van der Waals surface area contributed by atoms with E-state index in [4.69, 9.17) is 9.47 Å². The number of halogens is 1. The van der Waals surface area contributed by atoms with Crippen LogP contribution in [0.4, 0.5) is 16.2 Å². The predicted octanol–water partition coefficient (Wildman–Crippen LogP) is 3.15. The smallest absolute Gasteiger partial charge is 0.319 e. The van der Waals surface area contributed by atoms with Crippen molar-refractivity contribution < 1.29 is 19.1 Å². The third kappa shape index (κ3) is 4.00. The highest BCUT2D eigenvalue weighted by atomic mass is 79.9. The van der Waals surface area contributed by atoms with Crippen LogP contribution in [0, 0.1) is 0 Å². The first-order chi connectivity index (χ1) is 13.1. The van der Waals surface area contributed by atoms with Crippen LogP contribution in [0.5, 0.6) is 11.5 Å². The molecule has 4 rings (SSSR count). The Morgan fingerprint density at radius 1 is 1.07 bits per heavy atom. The van der Waals surface area contributed by atoms with Crippen molar-refractivity contribution in [2.45, 2.75) is 12.5 Å². The molecule has 2 N–H and O–H groups in total. The monoisotopic (exact) mass is 431 g/mol. The number of hydrogen-bond acceptors (Lipinski definition) is 4. The molecule has 0 spiro atoms. The summed E-state index contributed by atoms with van der Waals surface area (Å²) in [6.45, 7) is 1.42. The Morgan fingerprint density at radius 3 is 2.59 bits per heavy atom. The lowest BCUT2D eigenvalue weighted by Gasteiger charge is -2.22. The van der Waals surface area contributed by atoms with Gasteiger partial charge in [0.15, 0.2) is 11.5 Å². The topological polar surface area (TPSA) is 79.9 Å². The van der Waals surface area contributed by atoms with E-state index in [0.29, 0.717) is 36.9 Å². The van der Waals surface area contributed by atoms with Crippen molar-refractivity contribution in [3.63, 3.8) is 0 Å². The number of nitrogens with one attached hydrogen (secondary N) is 2. The van der Waals surface area contributed by atoms with Crippen LogP contribution in [0.2, 0.25) is 0 Å². The van der Waals surface area contributed by atoms with E-state index in [-0.39, 0.29) is 24.4 Å². The van der Waals surface area contributed by atoms with E-state index < -0.39 is 0 Å². The first-order valence-electron chi connectivity index (χ1n) is 8.61. The van der Waals surface area contributed by atoms with E-state index in [1.807, 2.05) is 18.2 Å². The van der Waals surface area contributed by atoms with Crippen LogP contribution in [-0.4, -0.2) is 37.7 Å². The number of carbonyl (C=O) groups excluding carboxylic acids is 2. The van der Waals surface area contributed by atoms with Gasteiger partial charge in [-0.05, 0) is 36.4 Å². The molecule has 2 aliphatic heterocycles. The minimum Gasteiger partial charge on any atom is -0.486 e. The van der Waals surface area contributed by atoms with Gasteiger partial charge in [0.2, 0.25) is 5.91 Å². The maximum absolute atomic E-state index is 12.4. The number of rotatable bonds is 3. The van der Waals surface area contributed by atoms with Crippen molar-refractivity contribution in [3.05, 3.63) is 46.9 Å². The zero-order valence-electron chi connectivity index (χ0n) is 14.4. The second-order valence-corrected chi connectivity index (χ2v) is 7.25. The van der Waals surface area contributed by atoms with Crippen molar-refractivity contribution in [3.8, 4) is 11.5 Å². The van der Waals surface area contributed by atoms with Crippen molar-refractivity contribution in [1.29, 1.82) is 0 Å². The van der Waals surface area contributed by atoms with Crippen molar-refractivity contribution in [1.82, 2.24) is 5.32 Å². The van der Waals surface area contributed by atoms with Gasteiger partial charge in [0.05, 0.1) is 6.04 Å². The molecule has 1 fully saturated rings. The Morgan fingerprint density at radius 2 is 1.81 bits per heavy atom. The van der Waals surface area contributed by atoms with Crippen LogP contribution >= 0.6 is 15.9 Å². The molecule has 0 aliphatic carbocycles. The molecule has 0 radical (unpaired) electrons. The molecule has 1 saturated heterocycles. The zero-order chi connectivity index (χ0) is 18.8. The average Bonchev–Trinajstić information content (AvgIpc) is 3.03. The summed E-state index contributed by atoms with van der Waals surface area (Å²) < 4.78 is 12.0. The van der Waals surface area contributed by atoms with Crippen LogP contribution in [-0.2, 0) is 4.79 Å². The van der Waals surface area contributed by atoms with E-state index in [9.17, 15) is 9.59 Å². The zero-order valence-corrected chi connectivity index (χ0v) is 16.0. The molecule has 0 saturated carbocycles. The molecule has 7 nitrogen and oxygen atoms in total. The molecule has 3 amide bonds. The van der Waals surface area contributed by atoms with Gasteiger partial charge in [-0.15, -0.1) is 0 Å². The van der Waals surface area contributed by atoms with E-state index in [0.717, 1.165) is 10.2 Å². The number of hydrogen-bond donors (Lipinski definition) is 2. The number of carbonyl (C=O) groups is 2. The lowest BCUT2D eigenvalue weighted by atomic mass is 10.2. The fourth-order valence-corrected chi connectivity index (χ4v) is 3.40. The second kappa shape index (κ2) is 7.48. The molecule has 1 unspecified atom stereocenters. The van der Waals surface area contributed by atoms with E-state index in [1.54, 1.807) is 29.2 Å². The fraction of sp³-hybridized carbons (Fsp3) is 0.263. The van der Waals surface area contributed by atoms with Gasteiger partial charge >= 0.3 is 6.03 Å². The summed E-state index contributed by atoms with van der Waals surface area (Å²) in [5.74, 6) is 1.27. The standard InChI is InChI=1S/C19H18BrN3O4/c20-12-1-3-13(4-2-12)21-19(25)22-14-9-18(24)23(11-14)15-5-6-16-17(10-15)27-8-7-26-16/h1-6,10,14H,7-9,11H2,(H2,21,22,25). The lowest BCUT2D eigenvalue weighted by molar-refractivity contribution is -0.117. The van der Waals surface area contributed by atoms with Crippen molar-refractivity contribution >= 4 is 39.2 Å². The second-order valence-electron chi connectivity index (χ2n) is 6.34. The molecule has 0 aromatic heterocycles. The van der Waals surface area contributed by atoms with Gasteiger partial charge in [-0.3, -0.25) is 4.79 Å². The van der Waals surface area contributed by atoms with Crippen LogP contribution in [0.15, 0.2) is 46.9 Å². The molecule has 0 bridgehead atoms. The first-order valence-corrected chi connectivity index (χ1v) is 9.41. The van der Waals surface area contributed by atoms with Gasteiger partial charge in [-0.2, -0.15) is 0 Å². The number of anilines is 2. The SMILES string of the molecule is O=C(Nc1ccc(Br)cc1)NC1CC(=O)N(c2ccc3c(c2)OCCO3)C1. The van der Waals surface area contributed by atoms with Gasteiger partial charge < -0.3 is 25.0 Å². The molecule has 2 aliphatic rings. The highest BCUT2D eigenvalue weighted by molar-refractivity contribution is 9.10. The Balaban J connectivity index is 1.38. The number of ether oxygens (including phenoxy) is 2. The van der Waals surface area contributed by atoms with Gasteiger partial charge in [0, 0.05) is 34.9 Å². The number of fused-ring (bicyclic) bond motifs is 1. The summed E-state index contributed by atoms with van der Waals surface area (Å²) >= 11 is 3.35. The van der Waals surface area contributed by atoms with Gasteiger partial charge in [0.1, 0.15) is 13.2 Å². The summed E-state index contributed by atoms with van der Waals surface area (Å²) in [6.07, 6.45) is 0.252. The van der Waals surface area contributed by atoms with Crippen molar-refractivity contribution in [2.75, 3.05) is 30.0 Å². The molecule has 2 aromatic carbocycles. The largest absolute Gasteiger partial charge is 0.486 e. The Labute approximate surface area is 164 Å². The Hall–Kier alpha value is -2.74. The Bertz CT molecular complexity index is 872. The lowest BCUT2D eigenvalue weighted by Crippen LogP contribution is -2.39. The van der Waals surface area contributed by atoms with E-state index in [1.165, 1.54) is 0 Å². The number of urea groups is 1. The molecule has 27 heavy (non-hydrogen) atoms. The van der Waals surface area contributed by atoms with Gasteiger partial charge in [0.25, 0.3) is 0 Å². The Kier molecular flexibility index (Phi) is 4.89. The summed E-state index contributed by atoms with van der Waals surface area (Å²) in [7, 11) is 0. The molecule has 2 aromatic rings. The van der Waals surface area contributed by atoms with Crippen LogP contribution in [0.3, 0.4) is 0 Å². The van der Waals surface area contributed by atoms with E-state index in [2.05, 4.69) is 26.6 Å². The predicted molar refractivity (Wildman–Crippen MR) is 104 cm³/mol. The third-order valence-corrected chi connectivity index (χ3v) is 4.93. The number of amides is 3. The molecule has 1 atom stereocenters. The van der Waals surface area contributed by atoms with Crippen molar-refractivity contribution in [2.24, 2.45) is 0 Å². The first kappa shape index (κ1) is 17.7. The van der Waals surface area contributed by atoms with Gasteiger partial charge in [-0.1, -0.05) is 15.9 Å². The molecule has 140 valence electrons. The minimum atomic E-state index is -0.334. The maximum Gasteiger partial charge on any atom is 0.319 e. The third-order valence-electron chi connectivity index (χ3n) is 4.40. The van der Waals surface area contributed by atoms with Gasteiger partial charge in [-0.25, -0.2) is 4.79 Å². The summed E-state index contributed by atoms with van der Waals surface area (Å²) in [6, 6.07) is 12.1. The molecule has 2 heterocycles. The normalized spacial score (nSPS) is 18.3. The summed E-state index contributed by atoms with van der Waals surface area (Å²) in [4.78, 5) is 26.3. The molecular formula is C19H18BrN3O4. The molecular weight excluding hydrogens is 414 g/mol. The van der Waals surface area contributed by atoms with E-state index >= 15 is 0 Å². The fourth-order valence-electron chi connectivity index (χ4n) is 3.14. The average molecular weight is 432 g/mol. The number of nitrogens with zero attached hydrogens (tertiary/aromatic N) is 1. The maximum atomic E-state index is 12.4. The van der Waals surface area contributed by atoms with Crippen LogP contribution in [0.25, 0.3) is 0 Å². The highest BCUT2D eigenvalue weighted by Gasteiger charge is 2.32. The summed E-state index contributed by atoms with van der Waals surface area (Å²) in [5.41, 5.74) is 1.42. The molecule has 8 heteroatoms. The van der Waals surface area contributed by atoms with Crippen LogP contribution < -0.4 is 25.0 Å².